The Hall–Kier alpha value is -0.890. The maximum atomic E-state index is 13.1. The minimum Gasteiger partial charge on any atom is -0.324 e. The first-order valence-electron chi connectivity index (χ1n) is 4.23. The zero-order valence-corrected chi connectivity index (χ0v) is 7.10. The first-order chi connectivity index (χ1) is 5.70. The SMILES string of the molecule is Cc1c(F)ccc2c1CC[C@@H]2N. The lowest BCUT2D eigenvalue weighted by Crippen LogP contribution is -2.05. The summed E-state index contributed by atoms with van der Waals surface area (Å²) in [7, 11) is 0. The third kappa shape index (κ3) is 0.950. The van der Waals surface area contributed by atoms with Gasteiger partial charge in [-0.15, -0.1) is 0 Å². The Bertz CT molecular complexity index is 320. The molecule has 2 rings (SSSR count). The number of benzene rings is 1. The van der Waals surface area contributed by atoms with Gasteiger partial charge in [-0.3, -0.25) is 0 Å². The lowest BCUT2D eigenvalue weighted by atomic mass is 10.0. The molecule has 0 radical (unpaired) electrons. The molecule has 64 valence electrons. The Morgan fingerprint density at radius 2 is 2.25 bits per heavy atom. The monoisotopic (exact) mass is 165 g/mol. The molecule has 0 heterocycles. The van der Waals surface area contributed by atoms with Crippen LogP contribution in [0, 0.1) is 12.7 Å². The second-order valence-electron chi connectivity index (χ2n) is 3.39. The van der Waals surface area contributed by atoms with Crippen molar-refractivity contribution in [1.82, 2.24) is 0 Å². The molecule has 1 aliphatic carbocycles. The summed E-state index contributed by atoms with van der Waals surface area (Å²) in [6.07, 6.45) is 1.89. The molecular weight excluding hydrogens is 153 g/mol. The predicted molar refractivity (Wildman–Crippen MR) is 46.4 cm³/mol. The minimum atomic E-state index is -0.108. The van der Waals surface area contributed by atoms with Gasteiger partial charge in [0.05, 0.1) is 0 Å². The molecule has 1 aromatic rings. The fraction of sp³-hybridized carbons (Fsp3) is 0.400. The Kier molecular flexibility index (Phi) is 1.65. The standard InChI is InChI=1S/C10H12FN/c1-6-7-3-5-10(12)8(7)2-4-9(6)11/h2,4,10H,3,5,12H2,1H3/t10-/m0/s1. The van der Waals surface area contributed by atoms with E-state index in [0.29, 0.717) is 0 Å². The second-order valence-corrected chi connectivity index (χ2v) is 3.39. The zero-order valence-electron chi connectivity index (χ0n) is 7.10. The van der Waals surface area contributed by atoms with Crippen LogP contribution < -0.4 is 5.73 Å². The molecule has 1 aliphatic rings. The quantitative estimate of drug-likeness (QED) is 0.625. The summed E-state index contributed by atoms with van der Waals surface area (Å²) < 4.78 is 13.1. The summed E-state index contributed by atoms with van der Waals surface area (Å²) in [5.74, 6) is -0.108. The Balaban J connectivity index is 2.60. The highest BCUT2D eigenvalue weighted by molar-refractivity contribution is 5.40. The molecule has 1 nitrogen and oxygen atoms in total. The molecule has 0 aliphatic heterocycles. The van der Waals surface area contributed by atoms with Gasteiger partial charge in [-0.25, -0.2) is 4.39 Å². The van der Waals surface area contributed by atoms with E-state index in [2.05, 4.69) is 0 Å². The van der Waals surface area contributed by atoms with Crippen molar-refractivity contribution in [2.75, 3.05) is 0 Å². The molecule has 2 N–H and O–H groups in total. The smallest absolute Gasteiger partial charge is 0.126 e. The topological polar surface area (TPSA) is 26.0 Å². The average Bonchev–Trinajstić information content (AvgIpc) is 2.41. The molecule has 0 spiro atoms. The van der Waals surface area contributed by atoms with E-state index in [1.807, 2.05) is 13.0 Å². The summed E-state index contributed by atoms with van der Waals surface area (Å²) in [6, 6.07) is 3.45. The number of fused-ring (bicyclic) bond motifs is 1. The summed E-state index contributed by atoms with van der Waals surface area (Å²) in [4.78, 5) is 0. The summed E-state index contributed by atoms with van der Waals surface area (Å²) in [6.45, 7) is 1.83. The van der Waals surface area contributed by atoms with Crippen molar-refractivity contribution in [1.29, 1.82) is 0 Å². The van der Waals surface area contributed by atoms with Crippen LogP contribution in [0.4, 0.5) is 4.39 Å². The van der Waals surface area contributed by atoms with E-state index >= 15 is 0 Å². The van der Waals surface area contributed by atoms with Gasteiger partial charge in [0, 0.05) is 6.04 Å². The molecule has 0 saturated heterocycles. The zero-order chi connectivity index (χ0) is 8.72. The number of hydrogen-bond donors (Lipinski definition) is 1. The predicted octanol–water partition coefficient (Wildman–Crippen LogP) is 2.08. The highest BCUT2D eigenvalue weighted by atomic mass is 19.1. The highest BCUT2D eigenvalue weighted by Crippen LogP contribution is 2.32. The van der Waals surface area contributed by atoms with Gasteiger partial charge >= 0.3 is 0 Å². The normalized spacial score (nSPS) is 21.1. The van der Waals surface area contributed by atoms with Crippen molar-refractivity contribution in [3.8, 4) is 0 Å². The van der Waals surface area contributed by atoms with Crippen molar-refractivity contribution >= 4 is 0 Å². The molecule has 1 aromatic carbocycles. The van der Waals surface area contributed by atoms with E-state index in [4.69, 9.17) is 5.73 Å². The van der Waals surface area contributed by atoms with E-state index in [1.54, 1.807) is 0 Å². The van der Waals surface area contributed by atoms with Crippen LogP contribution in [-0.4, -0.2) is 0 Å². The largest absolute Gasteiger partial charge is 0.324 e. The molecule has 12 heavy (non-hydrogen) atoms. The van der Waals surface area contributed by atoms with Crippen LogP contribution in [0.25, 0.3) is 0 Å². The summed E-state index contributed by atoms with van der Waals surface area (Å²) in [5, 5.41) is 0. The highest BCUT2D eigenvalue weighted by Gasteiger charge is 2.21. The lowest BCUT2D eigenvalue weighted by Gasteiger charge is -2.06. The summed E-state index contributed by atoms with van der Waals surface area (Å²) in [5.41, 5.74) is 8.88. The molecule has 0 amide bonds. The lowest BCUT2D eigenvalue weighted by molar-refractivity contribution is 0.616. The molecule has 2 heteroatoms. The maximum absolute atomic E-state index is 13.1. The third-order valence-electron chi connectivity index (χ3n) is 2.67. The van der Waals surface area contributed by atoms with Gasteiger partial charge in [-0.05, 0) is 42.5 Å². The van der Waals surface area contributed by atoms with E-state index in [0.717, 1.165) is 29.5 Å². The first-order valence-corrected chi connectivity index (χ1v) is 4.23. The van der Waals surface area contributed by atoms with Gasteiger partial charge in [0.25, 0.3) is 0 Å². The molecule has 0 bridgehead atoms. The van der Waals surface area contributed by atoms with Crippen LogP contribution in [0.15, 0.2) is 12.1 Å². The van der Waals surface area contributed by atoms with Crippen LogP contribution in [0.5, 0.6) is 0 Å². The van der Waals surface area contributed by atoms with Gasteiger partial charge in [0.15, 0.2) is 0 Å². The number of hydrogen-bond acceptors (Lipinski definition) is 1. The van der Waals surface area contributed by atoms with Crippen molar-refractivity contribution in [2.45, 2.75) is 25.8 Å². The van der Waals surface area contributed by atoms with Crippen LogP contribution in [0.3, 0.4) is 0 Å². The fourth-order valence-corrected chi connectivity index (χ4v) is 1.88. The van der Waals surface area contributed by atoms with Crippen LogP contribution in [-0.2, 0) is 6.42 Å². The molecule has 0 aromatic heterocycles. The van der Waals surface area contributed by atoms with Crippen molar-refractivity contribution in [3.63, 3.8) is 0 Å². The second kappa shape index (κ2) is 2.56. The number of nitrogens with two attached hydrogens (primary N) is 1. The van der Waals surface area contributed by atoms with E-state index in [-0.39, 0.29) is 11.9 Å². The van der Waals surface area contributed by atoms with Gasteiger partial charge in [0.2, 0.25) is 0 Å². The van der Waals surface area contributed by atoms with E-state index in [1.165, 1.54) is 6.07 Å². The molecular formula is C10H12FN. The first kappa shape index (κ1) is 7.74. The fourth-order valence-electron chi connectivity index (χ4n) is 1.88. The Labute approximate surface area is 71.4 Å². The molecule has 0 saturated carbocycles. The molecule has 1 atom stereocenters. The van der Waals surface area contributed by atoms with Crippen LogP contribution >= 0.6 is 0 Å². The molecule has 0 unspecified atom stereocenters. The number of halogens is 1. The van der Waals surface area contributed by atoms with Gasteiger partial charge in [-0.1, -0.05) is 6.07 Å². The van der Waals surface area contributed by atoms with E-state index in [9.17, 15) is 4.39 Å². The van der Waals surface area contributed by atoms with Crippen molar-refractivity contribution < 1.29 is 4.39 Å². The van der Waals surface area contributed by atoms with E-state index < -0.39 is 0 Å². The molecule has 0 fully saturated rings. The Morgan fingerprint density at radius 1 is 1.50 bits per heavy atom. The third-order valence-corrected chi connectivity index (χ3v) is 2.67. The van der Waals surface area contributed by atoms with Crippen LogP contribution in [0.1, 0.15) is 29.2 Å². The van der Waals surface area contributed by atoms with Gasteiger partial charge < -0.3 is 5.73 Å². The van der Waals surface area contributed by atoms with Gasteiger partial charge in [-0.2, -0.15) is 0 Å². The number of rotatable bonds is 0. The summed E-state index contributed by atoms with van der Waals surface area (Å²) >= 11 is 0. The maximum Gasteiger partial charge on any atom is 0.126 e. The average molecular weight is 165 g/mol. The van der Waals surface area contributed by atoms with Crippen LogP contribution in [0.2, 0.25) is 0 Å². The van der Waals surface area contributed by atoms with Crippen molar-refractivity contribution in [2.24, 2.45) is 5.73 Å². The van der Waals surface area contributed by atoms with Gasteiger partial charge in [0.1, 0.15) is 5.82 Å². The Morgan fingerprint density at radius 3 is 3.00 bits per heavy atom. The minimum absolute atomic E-state index is 0.108. The van der Waals surface area contributed by atoms with Crippen molar-refractivity contribution in [3.05, 3.63) is 34.6 Å².